The molecule has 0 atom stereocenters. The first-order valence-electron chi connectivity index (χ1n) is 11.1. The summed E-state index contributed by atoms with van der Waals surface area (Å²) in [5, 5.41) is 4.83. The van der Waals surface area contributed by atoms with Gasteiger partial charge in [0.25, 0.3) is 5.91 Å². The van der Waals surface area contributed by atoms with Gasteiger partial charge in [-0.15, -0.1) is 0 Å². The maximum atomic E-state index is 13.1. The average Bonchev–Trinajstić information content (AvgIpc) is 2.88. The van der Waals surface area contributed by atoms with E-state index in [9.17, 15) is 9.59 Å². The predicted molar refractivity (Wildman–Crippen MR) is 138 cm³/mol. The Kier molecular flexibility index (Phi) is 7.25. The number of carbonyl (C=O) groups is 2. The number of esters is 1. The summed E-state index contributed by atoms with van der Waals surface area (Å²) in [4.78, 5) is 29.3. The van der Waals surface area contributed by atoms with E-state index in [1.165, 1.54) is 27.4 Å². The highest BCUT2D eigenvalue weighted by atomic mass is 16.6. The number of hydrogen-bond acceptors (Lipinski definition) is 7. The SMILES string of the molecule is COc1cc(/C=N/NC(=O)c2cc(-c3ccc(C)cc3)nc3ccccc23)cc(OC)c1OC(C)=O. The summed E-state index contributed by atoms with van der Waals surface area (Å²) >= 11 is 0. The zero-order valence-electron chi connectivity index (χ0n) is 20.4. The van der Waals surface area contributed by atoms with Crippen molar-refractivity contribution in [3.63, 3.8) is 0 Å². The second kappa shape index (κ2) is 10.7. The topological polar surface area (TPSA) is 99.1 Å². The van der Waals surface area contributed by atoms with Gasteiger partial charge in [0.15, 0.2) is 11.5 Å². The number of nitrogens with one attached hydrogen (secondary N) is 1. The Balaban J connectivity index is 1.63. The van der Waals surface area contributed by atoms with Crippen LogP contribution in [-0.4, -0.2) is 37.3 Å². The first kappa shape index (κ1) is 24.4. The van der Waals surface area contributed by atoms with E-state index in [-0.39, 0.29) is 11.7 Å². The molecule has 36 heavy (non-hydrogen) atoms. The van der Waals surface area contributed by atoms with Gasteiger partial charge in [-0.3, -0.25) is 9.59 Å². The summed E-state index contributed by atoms with van der Waals surface area (Å²) in [6.45, 7) is 3.31. The first-order valence-corrected chi connectivity index (χ1v) is 11.1. The van der Waals surface area contributed by atoms with Crippen LogP contribution in [-0.2, 0) is 4.79 Å². The van der Waals surface area contributed by atoms with Gasteiger partial charge in [0.05, 0.1) is 37.2 Å². The lowest BCUT2D eigenvalue weighted by Gasteiger charge is -2.13. The van der Waals surface area contributed by atoms with E-state index in [2.05, 4.69) is 10.5 Å². The molecular weight excluding hydrogens is 458 g/mol. The van der Waals surface area contributed by atoms with Gasteiger partial charge in [0.2, 0.25) is 5.75 Å². The van der Waals surface area contributed by atoms with Crippen LogP contribution in [0.15, 0.2) is 71.8 Å². The Hall–Kier alpha value is -4.72. The fourth-order valence-corrected chi connectivity index (χ4v) is 3.68. The minimum absolute atomic E-state index is 0.167. The fourth-order valence-electron chi connectivity index (χ4n) is 3.68. The minimum atomic E-state index is -0.505. The van der Waals surface area contributed by atoms with Crippen LogP contribution < -0.4 is 19.6 Å². The van der Waals surface area contributed by atoms with Crippen LogP contribution in [0, 0.1) is 6.92 Å². The molecule has 1 aromatic heterocycles. The van der Waals surface area contributed by atoms with Gasteiger partial charge >= 0.3 is 5.97 Å². The summed E-state index contributed by atoms with van der Waals surface area (Å²) in [6.07, 6.45) is 1.45. The van der Waals surface area contributed by atoms with E-state index in [4.69, 9.17) is 19.2 Å². The molecule has 0 saturated heterocycles. The number of nitrogens with zero attached hydrogens (tertiary/aromatic N) is 2. The van der Waals surface area contributed by atoms with Gasteiger partial charge in [0, 0.05) is 23.4 Å². The molecule has 182 valence electrons. The number of pyridine rings is 1. The van der Waals surface area contributed by atoms with Crippen molar-refractivity contribution in [2.45, 2.75) is 13.8 Å². The molecular formula is C28H25N3O5. The third-order valence-corrected chi connectivity index (χ3v) is 5.42. The van der Waals surface area contributed by atoms with Gasteiger partial charge in [0.1, 0.15) is 0 Å². The van der Waals surface area contributed by atoms with Gasteiger partial charge in [-0.1, -0.05) is 48.0 Å². The number of rotatable bonds is 7. The molecule has 0 bridgehead atoms. The van der Waals surface area contributed by atoms with Crippen molar-refractivity contribution in [3.05, 3.63) is 83.4 Å². The van der Waals surface area contributed by atoms with Crippen molar-refractivity contribution >= 4 is 29.0 Å². The lowest BCUT2D eigenvalue weighted by molar-refractivity contribution is -0.132. The first-order chi connectivity index (χ1) is 17.4. The van der Waals surface area contributed by atoms with E-state index >= 15 is 0 Å². The van der Waals surface area contributed by atoms with Crippen LogP contribution in [0.4, 0.5) is 0 Å². The molecule has 1 amide bonds. The maximum absolute atomic E-state index is 13.1. The third-order valence-electron chi connectivity index (χ3n) is 5.42. The predicted octanol–water partition coefficient (Wildman–Crippen LogP) is 4.92. The molecule has 0 spiro atoms. The van der Waals surface area contributed by atoms with Crippen LogP contribution in [0.2, 0.25) is 0 Å². The Labute approximate surface area is 208 Å². The van der Waals surface area contributed by atoms with E-state index in [0.29, 0.717) is 33.8 Å². The van der Waals surface area contributed by atoms with Crippen LogP contribution in [0.3, 0.4) is 0 Å². The molecule has 0 saturated carbocycles. The van der Waals surface area contributed by atoms with Crippen molar-refractivity contribution < 1.29 is 23.8 Å². The molecule has 0 aliphatic carbocycles. The van der Waals surface area contributed by atoms with E-state index in [1.807, 2.05) is 55.5 Å². The lowest BCUT2D eigenvalue weighted by atomic mass is 10.0. The smallest absolute Gasteiger partial charge is 0.308 e. The summed E-state index contributed by atoms with van der Waals surface area (Å²) in [7, 11) is 2.90. The van der Waals surface area contributed by atoms with E-state index in [1.54, 1.807) is 18.2 Å². The van der Waals surface area contributed by atoms with Crippen LogP contribution >= 0.6 is 0 Å². The molecule has 0 aliphatic heterocycles. The maximum Gasteiger partial charge on any atom is 0.308 e. The average molecular weight is 484 g/mol. The van der Waals surface area contributed by atoms with Crippen LogP contribution in [0.5, 0.6) is 17.2 Å². The number of amides is 1. The standard InChI is InChI=1S/C28H25N3O5/c1-17-9-11-20(12-10-17)24-15-22(21-7-5-6-8-23(21)30-24)28(33)31-29-16-19-13-25(34-3)27(36-18(2)32)26(14-19)35-4/h5-16H,1-4H3,(H,31,33)/b29-16+. The number of para-hydroxylation sites is 1. The Morgan fingerprint density at radius 1 is 0.944 bits per heavy atom. The molecule has 0 unspecified atom stereocenters. The minimum Gasteiger partial charge on any atom is -0.493 e. The molecule has 4 aromatic rings. The second-order valence-electron chi connectivity index (χ2n) is 7.99. The number of aromatic nitrogens is 1. The van der Waals surface area contributed by atoms with Crippen molar-refractivity contribution in [1.29, 1.82) is 0 Å². The molecule has 0 radical (unpaired) electrons. The molecule has 0 fully saturated rings. The summed E-state index contributed by atoms with van der Waals surface area (Å²) in [5.41, 5.74) is 7.06. The van der Waals surface area contributed by atoms with Gasteiger partial charge in [-0.05, 0) is 31.2 Å². The van der Waals surface area contributed by atoms with Gasteiger partial charge in [-0.2, -0.15) is 5.10 Å². The lowest BCUT2D eigenvalue weighted by Crippen LogP contribution is -2.18. The van der Waals surface area contributed by atoms with Crippen molar-refractivity contribution in [2.24, 2.45) is 5.10 Å². The zero-order chi connectivity index (χ0) is 25.7. The van der Waals surface area contributed by atoms with Gasteiger partial charge < -0.3 is 14.2 Å². The Morgan fingerprint density at radius 2 is 1.61 bits per heavy atom. The largest absolute Gasteiger partial charge is 0.493 e. The highest BCUT2D eigenvalue weighted by molar-refractivity contribution is 6.07. The molecule has 3 aromatic carbocycles. The highest BCUT2D eigenvalue weighted by Crippen LogP contribution is 2.38. The molecule has 1 heterocycles. The summed E-state index contributed by atoms with van der Waals surface area (Å²) in [6, 6.07) is 20.4. The Morgan fingerprint density at radius 3 is 2.25 bits per heavy atom. The molecule has 4 rings (SSSR count). The van der Waals surface area contributed by atoms with Crippen molar-refractivity contribution in [2.75, 3.05) is 14.2 Å². The number of fused-ring (bicyclic) bond motifs is 1. The number of methoxy groups -OCH3 is 2. The van der Waals surface area contributed by atoms with E-state index < -0.39 is 5.97 Å². The van der Waals surface area contributed by atoms with Crippen molar-refractivity contribution in [3.8, 4) is 28.5 Å². The van der Waals surface area contributed by atoms with Crippen molar-refractivity contribution in [1.82, 2.24) is 10.4 Å². The molecule has 0 aliphatic rings. The monoisotopic (exact) mass is 483 g/mol. The number of hydrazone groups is 1. The normalized spacial score (nSPS) is 10.9. The second-order valence-corrected chi connectivity index (χ2v) is 7.99. The van der Waals surface area contributed by atoms with Gasteiger partial charge in [-0.25, -0.2) is 10.4 Å². The third kappa shape index (κ3) is 5.33. The Bertz CT molecular complexity index is 1440. The number of ether oxygens (including phenoxy) is 3. The number of benzene rings is 3. The summed E-state index contributed by atoms with van der Waals surface area (Å²) in [5.74, 6) is -0.135. The molecule has 1 N–H and O–H groups in total. The molecule has 8 nitrogen and oxygen atoms in total. The number of carbonyl (C=O) groups excluding carboxylic acids is 2. The zero-order valence-corrected chi connectivity index (χ0v) is 20.4. The summed E-state index contributed by atoms with van der Waals surface area (Å²) < 4.78 is 15.8. The number of hydrogen-bond donors (Lipinski definition) is 1. The van der Waals surface area contributed by atoms with E-state index in [0.717, 1.165) is 16.5 Å². The quantitative estimate of drug-likeness (QED) is 0.173. The van der Waals surface area contributed by atoms with Crippen LogP contribution in [0.25, 0.3) is 22.2 Å². The van der Waals surface area contributed by atoms with Crippen LogP contribution in [0.1, 0.15) is 28.4 Å². The molecule has 8 heteroatoms. The fraction of sp³-hybridized carbons (Fsp3) is 0.143. The highest BCUT2D eigenvalue weighted by Gasteiger charge is 2.16. The number of aryl methyl sites for hydroxylation is 1.